The van der Waals surface area contributed by atoms with Gasteiger partial charge in [0.25, 0.3) is 5.91 Å². The Bertz CT molecular complexity index is 792. The van der Waals surface area contributed by atoms with Crippen molar-refractivity contribution in [2.75, 3.05) is 13.1 Å². The number of halogens is 1. The van der Waals surface area contributed by atoms with Crippen molar-refractivity contribution in [1.82, 2.24) is 14.7 Å². The second-order valence-corrected chi connectivity index (χ2v) is 6.41. The fourth-order valence-electron chi connectivity index (χ4n) is 2.80. The maximum Gasteiger partial charge on any atom is 0.334 e. The summed E-state index contributed by atoms with van der Waals surface area (Å²) < 4.78 is 6.96. The zero-order valence-corrected chi connectivity index (χ0v) is 14.4. The van der Waals surface area contributed by atoms with Crippen molar-refractivity contribution in [3.8, 4) is 0 Å². The van der Waals surface area contributed by atoms with Crippen LogP contribution in [0.15, 0.2) is 36.7 Å². The molecule has 2 atom stereocenters. The predicted octanol–water partition coefficient (Wildman–Crippen LogP) is 1.90. The van der Waals surface area contributed by atoms with E-state index >= 15 is 0 Å². The molecule has 0 radical (unpaired) electrons. The van der Waals surface area contributed by atoms with E-state index < -0.39 is 12.1 Å². The van der Waals surface area contributed by atoms with Crippen LogP contribution in [0.4, 0.5) is 0 Å². The molecule has 1 aliphatic heterocycles. The summed E-state index contributed by atoms with van der Waals surface area (Å²) in [5.41, 5.74) is 1.31. The summed E-state index contributed by atoms with van der Waals surface area (Å²) in [6, 6.07) is 7.43. The van der Waals surface area contributed by atoms with Crippen molar-refractivity contribution in [1.29, 1.82) is 0 Å². The Hall–Kier alpha value is -2.38. The Kier molecular flexibility index (Phi) is 5.06. The molecular weight excluding hydrogens is 346 g/mol. The van der Waals surface area contributed by atoms with Crippen LogP contribution < -0.4 is 0 Å². The van der Waals surface area contributed by atoms with E-state index in [0.29, 0.717) is 23.7 Å². The minimum Gasteiger partial charge on any atom is -0.479 e. The van der Waals surface area contributed by atoms with Gasteiger partial charge in [-0.3, -0.25) is 9.48 Å². The van der Waals surface area contributed by atoms with Crippen molar-refractivity contribution in [3.63, 3.8) is 0 Å². The molecule has 2 heterocycles. The first-order valence-electron chi connectivity index (χ1n) is 7.87. The minimum atomic E-state index is -1.07. The fourth-order valence-corrected chi connectivity index (χ4v) is 2.99. The van der Waals surface area contributed by atoms with E-state index in [1.807, 2.05) is 18.2 Å². The van der Waals surface area contributed by atoms with Crippen LogP contribution in [0, 0.1) is 0 Å². The zero-order valence-electron chi connectivity index (χ0n) is 13.6. The molecular formula is C17H18ClN3O4. The summed E-state index contributed by atoms with van der Waals surface area (Å²) in [7, 11) is 0. The van der Waals surface area contributed by atoms with Gasteiger partial charge in [0, 0.05) is 17.8 Å². The monoisotopic (exact) mass is 363 g/mol. The number of morpholine rings is 1. The maximum atomic E-state index is 12.6. The van der Waals surface area contributed by atoms with E-state index in [0.717, 1.165) is 5.56 Å². The highest BCUT2D eigenvalue weighted by Gasteiger charge is 2.33. The van der Waals surface area contributed by atoms with E-state index in [-0.39, 0.29) is 18.6 Å². The number of hydrogen-bond acceptors (Lipinski definition) is 4. The van der Waals surface area contributed by atoms with E-state index in [2.05, 4.69) is 5.10 Å². The van der Waals surface area contributed by atoms with Crippen LogP contribution in [-0.2, 0) is 16.1 Å². The van der Waals surface area contributed by atoms with Crippen molar-refractivity contribution >= 4 is 23.5 Å². The Labute approximate surface area is 149 Å². The molecule has 1 unspecified atom stereocenters. The molecule has 1 aliphatic rings. The van der Waals surface area contributed by atoms with Gasteiger partial charge in [-0.1, -0.05) is 29.8 Å². The Morgan fingerprint density at radius 2 is 2.12 bits per heavy atom. The number of benzene rings is 1. The molecule has 2 aromatic rings. The molecule has 25 heavy (non-hydrogen) atoms. The number of ether oxygens (including phenoxy) is 1. The van der Waals surface area contributed by atoms with Gasteiger partial charge < -0.3 is 14.7 Å². The molecule has 1 N–H and O–H groups in total. The first-order valence-corrected chi connectivity index (χ1v) is 8.25. The lowest BCUT2D eigenvalue weighted by Gasteiger charge is -2.34. The number of carbonyl (C=O) groups excluding carboxylic acids is 1. The number of amides is 1. The van der Waals surface area contributed by atoms with Gasteiger partial charge in [-0.25, -0.2) is 4.79 Å². The first kappa shape index (κ1) is 17.4. The lowest BCUT2D eigenvalue weighted by molar-refractivity contribution is -0.160. The fraction of sp³-hybridized carbons (Fsp3) is 0.353. The summed E-state index contributed by atoms with van der Waals surface area (Å²) >= 11 is 6.14. The third kappa shape index (κ3) is 4.00. The van der Waals surface area contributed by atoms with E-state index in [4.69, 9.17) is 21.4 Å². The summed E-state index contributed by atoms with van der Waals surface area (Å²) in [5, 5.41) is 14.0. The SMILES string of the molecule is C[C@@H]1CN(C(=O)c2cnn(Cc3ccccc3Cl)c2)CC(C(=O)O)O1. The molecule has 0 saturated carbocycles. The lowest BCUT2D eigenvalue weighted by atomic mass is 10.2. The van der Waals surface area contributed by atoms with Crippen LogP contribution in [0.5, 0.6) is 0 Å². The number of hydrogen-bond donors (Lipinski definition) is 1. The van der Waals surface area contributed by atoms with Crippen LogP contribution >= 0.6 is 11.6 Å². The summed E-state index contributed by atoms with van der Waals surface area (Å²) in [6.45, 7) is 2.56. The van der Waals surface area contributed by atoms with Gasteiger partial charge in [0.2, 0.25) is 0 Å². The van der Waals surface area contributed by atoms with Gasteiger partial charge in [-0.15, -0.1) is 0 Å². The van der Waals surface area contributed by atoms with Gasteiger partial charge in [-0.05, 0) is 18.6 Å². The Balaban J connectivity index is 1.72. The van der Waals surface area contributed by atoms with Gasteiger partial charge in [0.15, 0.2) is 6.10 Å². The molecule has 1 amide bonds. The van der Waals surface area contributed by atoms with Crippen molar-refractivity contribution in [3.05, 3.63) is 52.8 Å². The van der Waals surface area contributed by atoms with Gasteiger partial charge in [0.1, 0.15) is 0 Å². The third-order valence-corrected chi connectivity index (χ3v) is 4.36. The molecule has 0 aliphatic carbocycles. The average molecular weight is 364 g/mol. The Morgan fingerprint density at radius 1 is 1.36 bits per heavy atom. The predicted molar refractivity (Wildman–Crippen MR) is 90.7 cm³/mol. The minimum absolute atomic E-state index is 0.0220. The number of carboxylic acid groups (broad SMARTS) is 1. The molecule has 0 spiro atoms. The standard InChI is InChI=1S/C17H18ClN3O4/c1-11-7-20(10-15(25-11)17(23)24)16(22)13-6-19-21(9-13)8-12-4-2-3-5-14(12)18/h2-6,9,11,15H,7-8,10H2,1H3,(H,23,24)/t11-,15?/m1/s1. The number of rotatable bonds is 4. The van der Waals surface area contributed by atoms with Crippen LogP contribution in [0.25, 0.3) is 0 Å². The van der Waals surface area contributed by atoms with Crippen LogP contribution in [0.3, 0.4) is 0 Å². The topological polar surface area (TPSA) is 84.7 Å². The van der Waals surface area contributed by atoms with Gasteiger partial charge in [0.05, 0.1) is 31.0 Å². The maximum absolute atomic E-state index is 12.6. The second kappa shape index (κ2) is 7.25. The molecule has 1 aromatic heterocycles. The van der Waals surface area contributed by atoms with Crippen molar-refractivity contribution < 1.29 is 19.4 Å². The average Bonchev–Trinajstić information content (AvgIpc) is 3.04. The third-order valence-electron chi connectivity index (χ3n) is 3.99. The molecule has 7 nitrogen and oxygen atoms in total. The number of aromatic nitrogens is 2. The highest BCUT2D eigenvalue weighted by Crippen LogP contribution is 2.17. The number of aliphatic carboxylic acids is 1. The smallest absolute Gasteiger partial charge is 0.334 e. The van der Waals surface area contributed by atoms with Crippen LogP contribution in [0.2, 0.25) is 5.02 Å². The number of carboxylic acids is 1. The molecule has 132 valence electrons. The second-order valence-electron chi connectivity index (χ2n) is 6.00. The molecule has 1 saturated heterocycles. The zero-order chi connectivity index (χ0) is 18.0. The van der Waals surface area contributed by atoms with Crippen molar-refractivity contribution in [2.45, 2.75) is 25.7 Å². The quantitative estimate of drug-likeness (QED) is 0.896. The molecule has 3 rings (SSSR count). The Morgan fingerprint density at radius 3 is 2.84 bits per heavy atom. The largest absolute Gasteiger partial charge is 0.479 e. The number of carbonyl (C=O) groups is 2. The van der Waals surface area contributed by atoms with E-state index in [9.17, 15) is 9.59 Å². The highest BCUT2D eigenvalue weighted by molar-refractivity contribution is 6.31. The molecule has 8 heteroatoms. The van der Waals surface area contributed by atoms with Gasteiger partial charge in [-0.2, -0.15) is 5.10 Å². The summed E-state index contributed by atoms with van der Waals surface area (Å²) in [5.74, 6) is -1.33. The highest BCUT2D eigenvalue weighted by atomic mass is 35.5. The summed E-state index contributed by atoms with van der Waals surface area (Å²) in [4.78, 5) is 25.3. The first-order chi connectivity index (χ1) is 11.9. The van der Waals surface area contributed by atoms with Crippen molar-refractivity contribution in [2.24, 2.45) is 0 Å². The summed E-state index contributed by atoms with van der Waals surface area (Å²) in [6.07, 6.45) is 1.78. The molecule has 1 fully saturated rings. The van der Waals surface area contributed by atoms with Crippen LogP contribution in [0.1, 0.15) is 22.8 Å². The van der Waals surface area contributed by atoms with Gasteiger partial charge >= 0.3 is 5.97 Å². The van der Waals surface area contributed by atoms with Crippen LogP contribution in [-0.4, -0.2) is 57.0 Å². The lowest BCUT2D eigenvalue weighted by Crippen LogP contribution is -2.51. The van der Waals surface area contributed by atoms with E-state index in [1.165, 1.54) is 11.1 Å². The number of nitrogens with zero attached hydrogens (tertiary/aromatic N) is 3. The van der Waals surface area contributed by atoms with E-state index in [1.54, 1.807) is 23.9 Å². The normalized spacial score (nSPS) is 20.5. The molecule has 1 aromatic carbocycles. The molecule has 0 bridgehead atoms.